The molecule has 0 heterocycles. The van der Waals surface area contributed by atoms with Crippen LogP contribution >= 0.6 is 0 Å². The second-order valence-corrected chi connectivity index (χ2v) is 6.79. The fourth-order valence-corrected chi connectivity index (χ4v) is 3.10. The molecule has 0 saturated heterocycles. The summed E-state index contributed by atoms with van der Waals surface area (Å²) in [5, 5.41) is 0. The molecule has 0 saturated carbocycles. The van der Waals surface area contributed by atoms with Crippen molar-refractivity contribution in [1.82, 2.24) is 0 Å². The van der Waals surface area contributed by atoms with E-state index >= 15 is 0 Å². The first-order valence-corrected chi connectivity index (χ1v) is 9.15. The Balaban J connectivity index is 2.16. The van der Waals surface area contributed by atoms with Crippen LogP contribution in [0.25, 0.3) is 0 Å². The van der Waals surface area contributed by atoms with Crippen LogP contribution in [0.4, 0.5) is 22.7 Å². The van der Waals surface area contributed by atoms with Crippen molar-refractivity contribution in [3.05, 3.63) is 47.5 Å². The van der Waals surface area contributed by atoms with Crippen LogP contribution in [0, 0.1) is 0 Å². The average molecular weight is 341 g/mol. The molecular weight excluding hydrogens is 308 g/mol. The summed E-state index contributed by atoms with van der Waals surface area (Å²) in [6.07, 6.45) is 2.99. The number of nitrogens with zero attached hydrogens (tertiary/aromatic N) is 2. The van der Waals surface area contributed by atoms with E-state index in [4.69, 9.17) is 11.5 Å². The summed E-state index contributed by atoms with van der Waals surface area (Å²) in [6.45, 7) is 6.41. The average Bonchev–Trinajstić information content (AvgIpc) is 2.58. The summed E-state index contributed by atoms with van der Waals surface area (Å²) in [4.78, 5) is 4.46. The van der Waals surface area contributed by atoms with E-state index in [9.17, 15) is 0 Å². The van der Waals surface area contributed by atoms with Gasteiger partial charge >= 0.3 is 0 Å². The molecule has 0 aliphatic rings. The SMILES string of the molecule is CCCN(C)c1ccc(Cc2ccc(N(C)CCC)cc2N)c(N)c1. The molecule has 0 amide bonds. The van der Waals surface area contributed by atoms with Crippen molar-refractivity contribution in [3.63, 3.8) is 0 Å². The lowest BCUT2D eigenvalue weighted by Gasteiger charge is -2.21. The van der Waals surface area contributed by atoms with E-state index in [-0.39, 0.29) is 0 Å². The molecule has 4 nitrogen and oxygen atoms in total. The van der Waals surface area contributed by atoms with Crippen LogP contribution in [0.5, 0.6) is 0 Å². The third-order valence-electron chi connectivity index (χ3n) is 4.64. The van der Waals surface area contributed by atoms with Crippen LogP contribution in [-0.2, 0) is 6.42 Å². The summed E-state index contributed by atoms with van der Waals surface area (Å²) in [7, 11) is 4.20. The highest BCUT2D eigenvalue weighted by atomic mass is 15.1. The van der Waals surface area contributed by atoms with Gasteiger partial charge in [0, 0.05) is 56.4 Å². The van der Waals surface area contributed by atoms with Gasteiger partial charge in [0.25, 0.3) is 0 Å². The van der Waals surface area contributed by atoms with Crippen molar-refractivity contribution in [3.8, 4) is 0 Å². The second-order valence-electron chi connectivity index (χ2n) is 6.79. The van der Waals surface area contributed by atoms with Crippen LogP contribution in [0.1, 0.15) is 37.8 Å². The molecule has 0 aromatic heterocycles. The van der Waals surface area contributed by atoms with Crippen LogP contribution in [-0.4, -0.2) is 27.2 Å². The van der Waals surface area contributed by atoms with Crippen LogP contribution in [0.2, 0.25) is 0 Å². The zero-order chi connectivity index (χ0) is 18.4. The molecule has 0 aliphatic heterocycles. The van der Waals surface area contributed by atoms with E-state index in [2.05, 4.69) is 74.1 Å². The number of rotatable bonds is 8. The minimum Gasteiger partial charge on any atom is -0.398 e. The number of nitrogens with two attached hydrogens (primary N) is 2. The maximum Gasteiger partial charge on any atom is 0.0384 e. The summed E-state index contributed by atoms with van der Waals surface area (Å²) >= 11 is 0. The third-order valence-corrected chi connectivity index (χ3v) is 4.64. The van der Waals surface area contributed by atoms with Gasteiger partial charge in [-0.15, -0.1) is 0 Å². The third kappa shape index (κ3) is 4.81. The number of hydrogen-bond donors (Lipinski definition) is 2. The molecule has 0 bridgehead atoms. The molecule has 136 valence electrons. The van der Waals surface area contributed by atoms with Crippen molar-refractivity contribution in [2.45, 2.75) is 33.1 Å². The lowest BCUT2D eigenvalue weighted by molar-refractivity contribution is 0.852. The van der Waals surface area contributed by atoms with Gasteiger partial charge in [-0.25, -0.2) is 0 Å². The highest BCUT2D eigenvalue weighted by Gasteiger charge is 2.09. The zero-order valence-corrected chi connectivity index (χ0v) is 16.0. The van der Waals surface area contributed by atoms with Crippen molar-refractivity contribution in [2.24, 2.45) is 0 Å². The Hall–Kier alpha value is -2.36. The second kappa shape index (κ2) is 8.65. The standard InChI is InChI=1S/C21H32N4/c1-5-11-24(3)18-9-7-16(20(22)14-18)13-17-8-10-19(15-21(17)23)25(4)12-6-2/h7-10,14-15H,5-6,11-13,22-23H2,1-4H3. The molecule has 2 rings (SSSR count). The molecule has 4 heteroatoms. The summed E-state index contributed by atoms with van der Waals surface area (Å²) in [5.41, 5.74) is 18.8. The minimum absolute atomic E-state index is 0.757. The van der Waals surface area contributed by atoms with Gasteiger partial charge in [0.15, 0.2) is 0 Å². The van der Waals surface area contributed by atoms with E-state index in [0.29, 0.717) is 0 Å². The van der Waals surface area contributed by atoms with Crippen molar-refractivity contribution < 1.29 is 0 Å². The maximum absolute atomic E-state index is 6.30. The van der Waals surface area contributed by atoms with Gasteiger partial charge in [-0.05, 0) is 48.2 Å². The van der Waals surface area contributed by atoms with E-state index in [1.54, 1.807) is 0 Å². The molecule has 0 fully saturated rings. The van der Waals surface area contributed by atoms with E-state index in [1.807, 2.05) is 0 Å². The molecule has 0 aliphatic carbocycles. The van der Waals surface area contributed by atoms with Gasteiger partial charge in [0.05, 0.1) is 0 Å². The van der Waals surface area contributed by atoms with Crippen molar-refractivity contribution >= 4 is 22.7 Å². The van der Waals surface area contributed by atoms with E-state index in [1.165, 1.54) is 0 Å². The van der Waals surface area contributed by atoms with E-state index in [0.717, 1.165) is 66.2 Å². The highest BCUT2D eigenvalue weighted by Crippen LogP contribution is 2.27. The van der Waals surface area contributed by atoms with Gasteiger partial charge < -0.3 is 21.3 Å². The molecule has 0 atom stereocenters. The Morgan fingerprint density at radius 1 is 0.720 bits per heavy atom. The summed E-state index contributed by atoms with van der Waals surface area (Å²) in [6, 6.07) is 12.6. The minimum atomic E-state index is 0.757. The smallest absolute Gasteiger partial charge is 0.0384 e. The number of benzene rings is 2. The Labute approximate surface area is 152 Å². The highest BCUT2D eigenvalue weighted by molar-refractivity contribution is 5.64. The van der Waals surface area contributed by atoms with Crippen molar-refractivity contribution in [1.29, 1.82) is 0 Å². The van der Waals surface area contributed by atoms with Gasteiger partial charge in [-0.1, -0.05) is 26.0 Å². The molecule has 25 heavy (non-hydrogen) atoms. The van der Waals surface area contributed by atoms with Crippen LogP contribution in [0.3, 0.4) is 0 Å². The van der Waals surface area contributed by atoms with Gasteiger partial charge in [-0.2, -0.15) is 0 Å². The Morgan fingerprint density at radius 2 is 1.12 bits per heavy atom. The summed E-state index contributed by atoms with van der Waals surface area (Å²) < 4.78 is 0. The predicted octanol–water partition coefficient (Wildman–Crippen LogP) is 4.13. The molecule has 0 unspecified atom stereocenters. The molecule has 2 aromatic carbocycles. The summed E-state index contributed by atoms with van der Waals surface area (Å²) in [5.74, 6) is 0. The lowest BCUT2D eigenvalue weighted by atomic mass is 10.0. The Bertz CT molecular complexity index is 637. The van der Waals surface area contributed by atoms with Crippen molar-refractivity contribution in [2.75, 3.05) is 48.5 Å². The predicted molar refractivity (Wildman–Crippen MR) is 112 cm³/mol. The van der Waals surface area contributed by atoms with Crippen LogP contribution in [0.15, 0.2) is 36.4 Å². The molecular formula is C21H32N4. The first kappa shape index (κ1) is 19.0. The fourth-order valence-electron chi connectivity index (χ4n) is 3.10. The van der Waals surface area contributed by atoms with Gasteiger partial charge in [0.2, 0.25) is 0 Å². The van der Waals surface area contributed by atoms with Gasteiger partial charge in [-0.3, -0.25) is 0 Å². The topological polar surface area (TPSA) is 58.5 Å². The first-order valence-electron chi connectivity index (χ1n) is 9.15. The normalized spacial score (nSPS) is 10.7. The molecule has 2 aromatic rings. The quantitative estimate of drug-likeness (QED) is 0.709. The lowest BCUT2D eigenvalue weighted by Crippen LogP contribution is -2.18. The van der Waals surface area contributed by atoms with Gasteiger partial charge in [0.1, 0.15) is 0 Å². The first-order chi connectivity index (χ1) is 12.0. The Morgan fingerprint density at radius 3 is 1.44 bits per heavy atom. The maximum atomic E-state index is 6.30. The number of anilines is 4. The van der Waals surface area contributed by atoms with Crippen LogP contribution < -0.4 is 21.3 Å². The number of nitrogen functional groups attached to an aromatic ring is 2. The zero-order valence-electron chi connectivity index (χ0n) is 16.0. The monoisotopic (exact) mass is 340 g/mol. The Kier molecular flexibility index (Phi) is 6.57. The largest absolute Gasteiger partial charge is 0.398 e. The molecule has 0 radical (unpaired) electrons. The molecule has 0 spiro atoms. The van der Waals surface area contributed by atoms with E-state index < -0.39 is 0 Å². The fraction of sp³-hybridized carbons (Fsp3) is 0.429. The molecule has 4 N–H and O–H groups in total. The number of hydrogen-bond acceptors (Lipinski definition) is 4.